The van der Waals surface area contributed by atoms with Crippen molar-refractivity contribution in [3.8, 4) is 0 Å². The molecule has 0 atom stereocenters. The first-order valence-electron chi connectivity index (χ1n) is 10.4. The van der Waals surface area contributed by atoms with Crippen molar-refractivity contribution in [2.75, 3.05) is 36.9 Å². The highest BCUT2D eigenvalue weighted by Gasteiger charge is 2.24. The fourth-order valence-corrected chi connectivity index (χ4v) is 3.74. The monoisotopic (exact) mass is 429 g/mol. The van der Waals surface area contributed by atoms with Gasteiger partial charge >= 0.3 is 6.03 Å². The van der Waals surface area contributed by atoms with Crippen LogP contribution in [0.3, 0.4) is 0 Å². The second-order valence-electron chi connectivity index (χ2n) is 7.48. The molecule has 9 nitrogen and oxygen atoms in total. The Kier molecular flexibility index (Phi) is 7.32. The molecule has 0 aromatic carbocycles. The summed E-state index contributed by atoms with van der Waals surface area (Å²) in [7, 11) is 1.58. The van der Waals surface area contributed by atoms with Crippen molar-refractivity contribution in [3.05, 3.63) is 41.4 Å². The lowest BCUT2D eigenvalue weighted by Gasteiger charge is -2.34. The van der Waals surface area contributed by atoms with E-state index in [1.807, 2.05) is 13.0 Å². The van der Waals surface area contributed by atoms with E-state index in [0.717, 1.165) is 37.3 Å². The molecule has 1 aliphatic heterocycles. The number of hydrogen-bond donors (Lipinski definition) is 3. The van der Waals surface area contributed by atoms with Crippen LogP contribution in [0.15, 0.2) is 18.5 Å². The molecule has 2 aromatic heterocycles. The van der Waals surface area contributed by atoms with E-state index in [2.05, 4.69) is 35.8 Å². The summed E-state index contributed by atoms with van der Waals surface area (Å²) in [6.45, 7) is 5.73. The number of anilines is 2. The highest BCUT2D eigenvalue weighted by molar-refractivity contribution is 5.92. The largest absolute Gasteiger partial charge is 0.370 e. The van der Waals surface area contributed by atoms with Crippen LogP contribution in [0.25, 0.3) is 0 Å². The molecule has 0 aliphatic carbocycles. The third-order valence-electron chi connectivity index (χ3n) is 5.39. The van der Waals surface area contributed by atoms with Crippen molar-refractivity contribution in [3.63, 3.8) is 0 Å². The number of halogens is 1. The molecule has 1 fully saturated rings. The average Bonchev–Trinajstić information content (AvgIpc) is 2.76. The van der Waals surface area contributed by atoms with Crippen molar-refractivity contribution >= 4 is 23.4 Å². The minimum Gasteiger partial charge on any atom is -0.370 e. The van der Waals surface area contributed by atoms with Crippen LogP contribution in [0, 0.1) is 18.7 Å². The van der Waals surface area contributed by atoms with Gasteiger partial charge in [0.2, 0.25) is 0 Å². The van der Waals surface area contributed by atoms with Gasteiger partial charge in [-0.2, -0.15) is 0 Å². The molecule has 0 saturated carbocycles. The molecule has 3 heterocycles. The number of aryl methyl sites for hydroxylation is 1. The number of aromatic nitrogens is 3. The van der Waals surface area contributed by atoms with Crippen molar-refractivity contribution in [2.24, 2.45) is 5.92 Å². The van der Waals surface area contributed by atoms with Crippen LogP contribution in [0.4, 0.5) is 20.7 Å². The van der Waals surface area contributed by atoms with Crippen molar-refractivity contribution in [2.45, 2.75) is 33.1 Å². The summed E-state index contributed by atoms with van der Waals surface area (Å²) in [6.07, 6.45) is 3.51. The zero-order valence-electron chi connectivity index (χ0n) is 18.0. The van der Waals surface area contributed by atoms with Crippen LogP contribution < -0.4 is 20.9 Å². The van der Waals surface area contributed by atoms with E-state index in [1.165, 1.54) is 6.33 Å². The fraction of sp³-hybridized carbons (Fsp3) is 0.476. The summed E-state index contributed by atoms with van der Waals surface area (Å²) in [6, 6.07) is 3.16. The first kappa shape index (κ1) is 22.4. The molecule has 2 aromatic rings. The number of pyridine rings is 1. The minimum atomic E-state index is -0.582. The molecular weight excluding hydrogens is 401 g/mol. The Morgan fingerprint density at radius 2 is 1.97 bits per heavy atom. The van der Waals surface area contributed by atoms with E-state index < -0.39 is 11.8 Å². The first-order valence-corrected chi connectivity index (χ1v) is 10.4. The number of amides is 3. The van der Waals surface area contributed by atoms with E-state index in [9.17, 15) is 14.0 Å². The van der Waals surface area contributed by atoms with Gasteiger partial charge in [-0.1, -0.05) is 0 Å². The topological polar surface area (TPSA) is 112 Å². The van der Waals surface area contributed by atoms with Gasteiger partial charge in [-0.3, -0.25) is 10.1 Å². The summed E-state index contributed by atoms with van der Waals surface area (Å²) in [5, 5.41) is 7.55. The zero-order valence-corrected chi connectivity index (χ0v) is 18.0. The number of piperidine rings is 1. The fourth-order valence-electron chi connectivity index (χ4n) is 3.74. The Labute approximate surface area is 180 Å². The van der Waals surface area contributed by atoms with Crippen LogP contribution in [-0.4, -0.2) is 53.6 Å². The lowest BCUT2D eigenvalue weighted by atomic mass is 9.91. The molecule has 3 amide bonds. The number of carbonyl (C=O) groups is 2. The van der Waals surface area contributed by atoms with Crippen LogP contribution in [-0.2, 0) is 6.42 Å². The van der Waals surface area contributed by atoms with E-state index in [1.54, 1.807) is 20.0 Å². The molecule has 31 heavy (non-hydrogen) atoms. The predicted octanol–water partition coefficient (Wildman–Crippen LogP) is 2.28. The lowest BCUT2D eigenvalue weighted by molar-refractivity contribution is 0.0958. The number of rotatable bonds is 6. The van der Waals surface area contributed by atoms with Gasteiger partial charge in [-0.05, 0) is 51.2 Å². The van der Waals surface area contributed by atoms with Crippen LogP contribution in [0.2, 0.25) is 0 Å². The number of nitrogens with zero attached hydrogens (tertiary/aromatic N) is 4. The average molecular weight is 430 g/mol. The Bertz CT molecular complexity index is 945. The SMILES string of the molecule is CCNC(=O)Nc1ncnc(CC2CCN(c3ccc(C(=O)NC)nc3C)CC2)c1F. The van der Waals surface area contributed by atoms with E-state index >= 15 is 0 Å². The van der Waals surface area contributed by atoms with E-state index in [0.29, 0.717) is 24.4 Å². The van der Waals surface area contributed by atoms with Crippen molar-refractivity contribution < 1.29 is 14.0 Å². The quantitative estimate of drug-likeness (QED) is 0.650. The summed E-state index contributed by atoms with van der Waals surface area (Å²) < 4.78 is 14.7. The van der Waals surface area contributed by atoms with Gasteiger partial charge in [-0.25, -0.2) is 24.1 Å². The van der Waals surface area contributed by atoms with Gasteiger partial charge in [0.25, 0.3) is 5.91 Å². The molecule has 0 spiro atoms. The molecule has 3 N–H and O–H groups in total. The molecule has 166 valence electrons. The summed E-state index contributed by atoms with van der Waals surface area (Å²) in [5.41, 5.74) is 2.53. The smallest absolute Gasteiger partial charge is 0.320 e. The summed E-state index contributed by atoms with van der Waals surface area (Å²) >= 11 is 0. The summed E-state index contributed by atoms with van der Waals surface area (Å²) in [4.78, 5) is 38.0. The maximum Gasteiger partial charge on any atom is 0.320 e. The van der Waals surface area contributed by atoms with Gasteiger partial charge < -0.3 is 15.5 Å². The summed E-state index contributed by atoms with van der Waals surface area (Å²) in [5.74, 6) is -0.620. The second kappa shape index (κ2) is 10.1. The van der Waals surface area contributed by atoms with Gasteiger partial charge in [0.15, 0.2) is 11.6 Å². The van der Waals surface area contributed by atoms with Gasteiger partial charge in [0.05, 0.1) is 17.1 Å². The molecule has 1 saturated heterocycles. The van der Waals surface area contributed by atoms with Crippen molar-refractivity contribution in [1.29, 1.82) is 0 Å². The predicted molar refractivity (Wildman–Crippen MR) is 116 cm³/mol. The molecule has 1 aliphatic rings. The highest BCUT2D eigenvalue weighted by Crippen LogP contribution is 2.28. The highest BCUT2D eigenvalue weighted by atomic mass is 19.1. The standard InChI is InChI=1S/C21H28FN7O2/c1-4-24-21(31)28-19-18(22)16(25-12-26-19)11-14-7-9-29(10-8-14)17-6-5-15(20(30)23-3)27-13(17)2/h5-6,12,14H,4,7-11H2,1-3H3,(H,23,30)(H2,24,25,26,28,31). The Balaban J connectivity index is 1.61. The first-order chi connectivity index (χ1) is 14.9. The van der Waals surface area contributed by atoms with E-state index in [-0.39, 0.29) is 17.6 Å². The second-order valence-corrected chi connectivity index (χ2v) is 7.48. The normalized spacial score (nSPS) is 14.3. The Hall–Kier alpha value is -3.30. The Morgan fingerprint density at radius 3 is 2.61 bits per heavy atom. The van der Waals surface area contributed by atoms with Crippen LogP contribution in [0.1, 0.15) is 41.6 Å². The molecule has 0 radical (unpaired) electrons. The maximum absolute atomic E-state index is 14.7. The molecular formula is C21H28FN7O2. The number of carbonyl (C=O) groups excluding carboxylic acids is 2. The van der Waals surface area contributed by atoms with Gasteiger partial charge in [-0.15, -0.1) is 0 Å². The van der Waals surface area contributed by atoms with Gasteiger partial charge in [0.1, 0.15) is 12.0 Å². The lowest BCUT2D eigenvalue weighted by Crippen LogP contribution is -2.35. The van der Waals surface area contributed by atoms with E-state index in [4.69, 9.17) is 0 Å². The third kappa shape index (κ3) is 5.44. The third-order valence-corrected chi connectivity index (χ3v) is 5.39. The minimum absolute atomic E-state index is 0.105. The maximum atomic E-state index is 14.7. The molecule has 0 bridgehead atoms. The molecule has 10 heteroatoms. The number of hydrogen-bond acceptors (Lipinski definition) is 6. The molecule has 0 unspecified atom stereocenters. The number of nitrogens with one attached hydrogen (secondary N) is 3. The number of urea groups is 1. The van der Waals surface area contributed by atoms with Crippen LogP contribution >= 0.6 is 0 Å². The zero-order chi connectivity index (χ0) is 22.4. The van der Waals surface area contributed by atoms with Gasteiger partial charge in [0, 0.05) is 26.7 Å². The Morgan fingerprint density at radius 1 is 1.23 bits per heavy atom. The van der Waals surface area contributed by atoms with Crippen LogP contribution in [0.5, 0.6) is 0 Å². The van der Waals surface area contributed by atoms with Crippen molar-refractivity contribution in [1.82, 2.24) is 25.6 Å². The molecule has 3 rings (SSSR count).